The van der Waals surface area contributed by atoms with Gasteiger partial charge in [0, 0.05) is 10.5 Å². The third-order valence-corrected chi connectivity index (χ3v) is 4.24. The molecule has 0 aliphatic rings. The summed E-state index contributed by atoms with van der Waals surface area (Å²) in [6.45, 7) is 2.17. The van der Waals surface area contributed by atoms with Gasteiger partial charge in [-0.1, -0.05) is 53.2 Å². The Labute approximate surface area is 128 Å². The monoisotopic (exact) mass is 335 g/mol. The van der Waals surface area contributed by atoms with Crippen molar-refractivity contribution < 1.29 is 4.39 Å². The molecule has 2 aromatic rings. The zero-order chi connectivity index (χ0) is 14.5. The summed E-state index contributed by atoms with van der Waals surface area (Å²) < 4.78 is 14.8. The van der Waals surface area contributed by atoms with E-state index in [9.17, 15) is 4.39 Å². The molecule has 106 valence electrons. The smallest absolute Gasteiger partial charge is 0.126 e. The normalized spacial score (nSPS) is 14.0. The largest absolute Gasteiger partial charge is 0.316 e. The van der Waals surface area contributed by atoms with Crippen LogP contribution in [0.4, 0.5) is 4.39 Å². The summed E-state index contributed by atoms with van der Waals surface area (Å²) >= 11 is 3.40. The second-order valence-corrected chi connectivity index (χ2v) is 5.95. The van der Waals surface area contributed by atoms with E-state index in [1.54, 1.807) is 6.07 Å². The van der Waals surface area contributed by atoms with Crippen molar-refractivity contribution in [2.24, 2.45) is 0 Å². The van der Waals surface area contributed by atoms with Gasteiger partial charge in [-0.25, -0.2) is 4.39 Å². The lowest BCUT2D eigenvalue weighted by atomic mass is 9.89. The zero-order valence-electron chi connectivity index (χ0n) is 11.7. The Morgan fingerprint density at radius 2 is 1.85 bits per heavy atom. The molecule has 0 saturated heterocycles. The number of likely N-dealkylation sites (N-methyl/N-ethyl adjacent to an activating group) is 1. The lowest BCUT2D eigenvalue weighted by molar-refractivity contribution is 0.472. The van der Waals surface area contributed by atoms with E-state index in [4.69, 9.17) is 0 Å². The zero-order valence-corrected chi connectivity index (χ0v) is 13.3. The fraction of sp³-hybridized carbons (Fsp3) is 0.294. The van der Waals surface area contributed by atoms with Gasteiger partial charge >= 0.3 is 0 Å². The Kier molecular flexibility index (Phi) is 5.32. The van der Waals surface area contributed by atoms with Crippen molar-refractivity contribution in [1.82, 2.24) is 5.32 Å². The Hall–Kier alpha value is -1.19. The maximum atomic E-state index is 13.9. The predicted molar refractivity (Wildman–Crippen MR) is 85.5 cm³/mol. The molecule has 0 bridgehead atoms. The number of rotatable bonds is 5. The van der Waals surface area contributed by atoms with Crippen LogP contribution in [0.3, 0.4) is 0 Å². The summed E-state index contributed by atoms with van der Waals surface area (Å²) in [6, 6.07) is 15.6. The van der Waals surface area contributed by atoms with Crippen LogP contribution in [0.25, 0.3) is 0 Å². The van der Waals surface area contributed by atoms with E-state index in [0.717, 1.165) is 10.0 Å². The molecule has 1 nitrogen and oxygen atoms in total. The van der Waals surface area contributed by atoms with Gasteiger partial charge in [0.05, 0.1) is 0 Å². The molecule has 0 aromatic heterocycles. The van der Waals surface area contributed by atoms with Crippen LogP contribution in [0.2, 0.25) is 0 Å². The van der Waals surface area contributed by atoms with Crippen LogP contribution in [0.5, 0.6) is 0 Å². The molecule has 2 rings (SSSR count). The van der Waals surface area contributed by atoms with Gasteiger partial charge in [0.25, 0.3) is 0 Å². The molecule has 0 saturated carbocycles. The van der Waals surface area contributed by atoms with E-state index in [-0.39, 0.29) is 11.9 Å². The average molecular weight is 336 g/mol. The fourth-order valence-electron chi connectivity index (χ4n) is 2.45. The van der Waals surface area contributed by atoms with Crippen LogP contribution in [0.15, 0.2) is 53.0 Å². The maximum absolute atomic E-state index is 13.9. The first-order chi connectivity index (χ1) is 9.61. The predicted octanol–water partition coefficient (Wildman–Crippen LogP) is 4.52. The van der Waals surface area contributed by atoms with E-state index < -0.39 is 0 Å². The lowest BCUT2D eigenvalue weighted by Gasteiger charge is -2.24. The molecule has 3 heteroatoms. The highest BCUT2D eigenvalue weighted by Gasteiger charge is 2.19. The summed E-state index contributed by atoms with van der Waals surface area (Å²) in [4.78, 5) is 0. The van der Waals surface area contributed by atoms with E-state index in [1.165, 1.54) is 11.6 Å². The van der Waals surface area contributed by atoms with Crippen molar-refractivity contribution in [2.75, 3.05) is 7.05 Å². The number of halogens is 2. The quantitative estimate of drug-likeness (QED) is 0.846. The third-order valence-electron chi connectivity index (χ3n) is 3.75. The van der Waals surface area contributed by atoms with Crippen LogP contribution in [-0.2, 0) is 6.42 Å². The summed E-state index contributed by atoms with van der Waals surface area (Å²) in [6.07, 6.45) is 0.665. The highest BCUT2D eigenvalue weighted by molar-refractivity contribution is 9.10. The molecule has 0 fully saturated rings. The van der Waals surface area contributed by atoms with Crippen molar-refractivity contribution in [2.45, 2.75) is 25.3 Å². The van der Waals surface area contributed by atoms with Crippen molar-refractivity contribution in [3.8, 4) is 0 Å². The molecule has 0 spiro atoms. The van der Waals surface area contributed by atoms with Gasteiger partial charge in [0.2, 0.25) is 0 Å². The summed E-state index contributed by atoms with van der Waals surface area (Å²) in [7, 11) is 1.93. The van der Waals surface area contributed by atoms with Gasteiger partial charge in [-0.05, 0) is 48.7 Å². The van der Waals surface area contributed by atoms with Gasteiger partial charge in [0.15, 0.2) is 0 Å². The second-order valence-electron chi connectivity index (χ2n) is 5.03. The topological polar surface area (TPSA) is 12.0 Å². The van der Waals surface area contributed by atoms with Gasteiger partial charge in [-0.2, -0.15) is 0 Å². The first-order valence-electron chi connectivity index (χ1n) is 6.78. The van der Waals surface area contributed by atoms with Gasteiger partial charge < -0.3 is 5.32 Å². The minimum Gasteiger partial charge on any atom is -0.316 e. The molecule has 0 aliphatic heterocycles. The molecule has 0 heterocycles. The Balaban J connectivity index is 2.18. The summed E-state index contributed by atoms with van der Waals surface area (Å²) in [5.74, 6) is 0.174. The van der Waals surface area contributed by atoms with Gasteiger partial charge in [-0.15, -0.1) is 0 Å². The van der Waals surface area contributed by atoms with Crippen LogP contribution in [-0.4, -0.2) is 13.1 Å². The van der Waals surface area contributed by atoms with Gasteiger partial charge in [0.1, 0.15) is 5.82 Å². The minimum absolute atomic E-state index is 0.145. The van der Waals surface area contributed by atoms with E-state index in [0.29, 0.717) is 12.3 Å². The molecule has 0 amide bonds. The SMILES string of the molecule is CNC(Cc1cc(Br)ccc1F)C(C)c1ccccc1. The molecule has 0 radical (unpaired) electrons. The number of hydrogen-bond donors (Lipinski definition) is 1. The summed E-state index contributed by atoms with van der Waals surface area (Å²) in [5.41, 5.74) is 2.00. The summed E-state index contributed by atoms with van der Waals surface area (Å²) in [5, 5.41) is 3.31. The van der Waals surface area contributed by atoms with Crippen LogP contribution < -0.4 is 5.32 Å². The molecule has 2 unspecified atom stereocenters. The molecule has 2 atom stereocenters. The molecule has 1 N–H and O–H groups in total. The Morgan fingerprint density at radius 1 is 1.15 bits per heavy atom. The van der Waals surface area contributed by atoms with E-state index in [2.05, 4.69) is 40.3 Å². The molecule has 20 heavy (non-hydrogen) atoms. The Morgan fingerprint density at radius 3 is 2.50 bits per heavy atom. The standard InChI is InChI=1S/C17H19BrFN/c1-12(13-6-4-3-5-7-13)17(20-2)11-14-10-15(18)8-9-16(14)19/h3-10,12,17,20H,11H2,1-2H3. The van der Waals surface area contributed by atoms with Crippen molar-refractivity contribution in [1.29, 1.82) is 0 Å². The van der Waals surface area contributed by atoms with Crippen molar-refractivity contribution in [3.05, 3.63) is 69.9 Å². The minimum atomic E-state index is -0.145. The first-order valence-corrected chi connectivity index (χ1v) is 7.57. The molecular weight excluding hydrogens is 317 g/mol. The van der Waals surface area contributed by atoms with Crippen LogP contribution in [0.1, 0.15) is 24.0 Å². The third kappa shape index (κ3) is 3.68. The number of nitrogens with one attached hydrogen (secondary N) is 1. The van der Waals surface area contributed by atoms with E-state index in [1.807, 2.05) is 31.3 Å². The number of benzene rings is 2. The van der Waals surface area contributed by atoms with Crippen LogP contribution in [0, 0.1) is 5.82 Å². The average Bonchev–Trinajstić information content (AvgIpc) is 2.48. The van der Waals surface area contributed by atoms with Crippen molar-refractivity contribution in [3.63, 3.8) is 0 Å². The van der Waals surface area contributed by atoms with Crippen molar-refractivity contribution >= 4 is 15.9 Å². The first kappa shape index (κ1) is 15.2. The van der Waals surface area contributed by atoms with E-state index >= 15 is 0 Å². The molecule has 0 aliphatic carbocycles. The molecular formula is C17H19BrFN. The maximum Gasteiger partial charge on any atom is 0.126 e. The van der Waals surface area contributed by atoms with Gasteiger partial charge in [-0.3, -0.25) is 0 Å². The second kappa shape index (κ2) is 7.00. The highest BCUT2D eigenvalue weighted by atomic mass is 79.9. The number of hydrogen-bond acceptors (Lipinski definition) is 1. The lowest BCUT2D eigenvalue weighted by Crippen LogP contribution is -2.33. The molecule has 2 aromatic carbocycles. The van der Waals surface area contributed by atoms with Crippen LogP contribution >= 0.6 is 15.9 Å². The highest BCUT2D eigenvalue weighted by Crippen LogP contribution is 2.24. The fourth-order valence-corrected chi connectivity index (χ4v) is 2.86. The Bertz CT molecular complexity index is 556.